The fourth-order valence-corrected chi connectivity index (χ4v) is 4.50. The van der Waals surface area contributed by atoms with Crippen LogP contribution in [-0.4, -0.2) is 58.5 Å². The molecular formula is C23H19FN4O6. The van der Waals surface area contributed by atoms with Crippen molar-refractivity contribution in [3.63, 3.8) is 0 Å². The maximum atomic E-state index is 15.1. The van der Waals surface area contributed by atoms with Crippen molar-refractivity contribution < 1.29 is 33.1 Å². The molecule has 10 nitrogen and oxygen atoms in total. The number of cyclic esters (lactones) is 1. The van der Waals surface area contributed by atoms with Crippen molar-refractivity contribution in [1.29, 1.82) is 0 Å². The van der Waals surface area contributed by atoms with Crippen molar-refractivity contribution in [2.24, 2.45) is 5.16 Å². The second-order valence-electron chi connectivity index (χ2n) is 8.26. The Balaban J connectivity index is 1.22. The van der Waals surface area contributed by atoms with Gasteiger partial charge in [0, 0.05) is 29.8 Å². The molecule has 174 valence electrons. The van der Waals surface area contributed by atoms with Crippen molar-refractivity contribution in [2.75, 3.05) is 18.1 Å². The quantitative estimate of drug-likeness (QED) is 0.589. The third kappa shape index (κ3) is 3.45. The van der Waals surface area contributed by atoms with Gasteiger partial charge in [0.1, 0.15) is 24.4 Å². The van der Waals surface area contributed by atoms with Crippen molar-refractivity contribution in [1.82, 2.24) is 10.1 Å². The van der Waals surface area contributed by atoms with Gasteiger partial charge < -0.3 is 23.9 Å². The maximum Gasteiger partial charge on any atom is 0.415 e. The number of hydrogen-bond donors (Lipinski definition) is 1. The predicted octanol–water partition coefficient (Wildman–Crippen LogP) is 2.69. The lowest BCUT2D eigenvalue weighted by Gasteiger charge is -2.16. The lowest BCUT2D eigenvalue weighted by Crippen LogP contribution is -2.36. The highest BCUT2D eigenvalue weighted by atomic mass is 19.1. The lowest BCUT2D eigenvalue weighted by molar-refractivity contribution is 0.0390. The predicted molar refractivity (Wildman–Crippen MR) is 115 cm³/mol. The van der Waals surface area contributed by atoms with Crippen LogP contribution in [0.3, 0.4) is 0 Å². The SMILES string of the molecule is O=C1OC(COc2ccon2)[C@@H]2Cc3cc(-c4ccc(C5=NO[C@H](CO)C5)nc4)c(F)cc3N12. The molecule has 3 aliphatic heterocycles. The Morgan fingerprint density at radius 2 is 2.15 bits per heavy atom. The Morgan fingerprint density at radius 1 is 1.24 bits per heavy atom. The molecule has 3 atom stereocenters. The smallest absolute Gasteiger partial charge is 0.415 e. The highest BCUT2D eigenvalue weighted by molar-refractivity contribution is 6.00. The van der Waals surface area contributed by atoms with E-state index in [4.69, 9.17) is 18.8 Å². The zero-order valence-electron chi connectivity index (χ0n) is 17.8. The Morgan fingerprint density at radius 3 is 2.88 bits per heavy atom. The molecule has 6 rings (SSSR count). The molecule has 0 aliphatic carbocycles. The van der Waals surface area contributed by atoms with Crippen LogP contribution in [0.25, 0.3) is 11.1 Å². The number of carbonyl (C=O) groups is 1. The molecule has 34 heavy (non-hydrogen) atoms. The minimum atomic E-state index is -0.531. The number of nitrogens with zero attached hydrogens (tertiary/aromatic N) is 4. The number of amides is 1. The van der Waals surface area contributed by atoms with Gasteiger partial charge in [-0.05, 0) is 35.3 Å². The van der Waals surface area contributed by atoms with Crippen LogP contribution < -0.4 is 9.64 Å². The van der Waals surface area contributed by atoms with Gasteiger partial charge in [-0.1, -0.05) is 11.2 Å². The van der Waals surface area contributed by atoms with Crippen LogP contribution in [-0.2, 0) is 16.0 Å². The number of aromatic nitrogens is 2. The first-order valence-corrected chi connectivity index (χ1v) is 10.8. The van der Waals surface area contributed by atoms with Crippen LogP contribution in [0.1, 0.15) is 17.7 Å². The van der Waals surface area contributed by atoms with E-state index in [-0.39, 0.29) is 25.4 Å². The van der Waals surface area contributed by atoms with E-state index in [9.17, 15) is 9.90 Å². The van der Waals surface area contributed by atoms with Gasteiger partial charge in [0.15, 0.2) is 12.2 Å². The Hall–Kier alpha value is -3.99. The van der Waals surface area contributed by atoms with Crippen LogP contribution in [0, 0.1) is 5.82 Å². The first kappa shape index (κ1) is 20.6. The minimum Gasteiger partial charge on any atom is -0.471 e. The van der Waals surface area contributed by atoms with Gasteiger partial charge in [0.2, 0.25) is 0 Å². The molecule has 1 aromatic carbocycles. The second-order valence-corrected chi connectivity index (χ2v) is 8.26. The molecule has 1 amide bonds. The number of carbonyl (C=O) groups excluding carboxylic acids is 1. The van der Waals surface area contributed by atoms with Gasteiger partial charge in [0.05, 0.1) is 24.0 Å². The highest BCUT2D eigenvalue weighted by Crippen LogP contribution is 2.41. The van der Waals surface area contributed by atoms with Gasteiger partial charge in [-0.3, -0.25) is 9.88 Å². The minimum absolute atomic E-state index is 0.110. The van der Waals surface area contributed by atoms with Gasteiger partial charge in [-0.2, -0.15) is 0 Å². The summed E-state index contributed by atoms with van der Waals surface area (Å²) in [5.41, 5.74) is 3.58. The standard InChI is InChI=1S/C23H19FN4O6/c24-16-8-19-13(6-20-21(33-23(30)28(19)20)11-31-22-3-4-32-27-22)5-15(16)12-1-2-17(25-9-12)18-7-14(10-29)34-26-18/h1-5,8-9,14,20-21,29H,6-7,10-11H2/t14-,20-,21?/m0/s1. The molecular weight excluding hydrogens is 447 g/mol. The average Bonchev–Trinajstić information content (AvgIpc) is 3.64. The van der Waals surface area contributed by atoms with Crippen LogP contribution in [0.15, 0.2) is 52.5 Å². The summed E-state index contributed by atoms with van der Waals surface area (Å²) in [6.45, 7) is -0.0109. The third-order valence-corrected chi connectivity index (χ3v) is 6.18. The molecule has 1 unspecified atom stereocenters. The topological polar surface area (TPSA) is 120 Å². The van der Waals surface area contributed by atoms with E-state index >= 15 is 4.39 Å². The molecule has 1 N–H and O–H groups in total. The number of halogens is 1. The number of benzene rings is 1. The monoisotopic (exact) mass is 466 g/mol. The lowest BCUT2D eigenvalue weighted by atomic mass is 9.99. The average molecular weight is 466 g/mol. The molecule has 11 heteroatoms. The zero-order chi connectivity index (χ0) is 23.2. The van der Waals surface area contributed by atoms with Crippen LogP contribution in [0.5, 0.6) is 5.88 Å². The van der Waals surface area contributed by atoms with Crippen molar-refractivity contribution in [3.05, 3.63) is 59.9 Å². The van der Waals surface area contributed by atoms with E-state index in [1.165, 1.54) is 17.2 Å². The fraction of sp³-hybridized carbons (Fsp3) is 0.304. The van der Waals surface area contributed by atoms with E-state index in [0.29, 0.717) is 46.9 Å². The molecule has 0 saturated carbocycles. The molecule has 3 aromatic rings. The number of aliphatic hydroxyl groups is 1. The summed E-state index contributed by atoms with van der Waals surface area (Å²) in [4.78, 5) is 23.5. The number of pyridine rings is 1. The van der Waals surface area contributed by atoms with Gasteiger partial charge in [0.25, 0.3) is 5.88 Å². The van der Waals surface area contributed by atoms with Crippen LogP contribution in [0.4, 0.5) is 14.9 Å². The summed E-state index contributed by atoms with van der Waals surface area (Å²) < 4.78 is 30.9. The summed E-state index contributed by atoms with van der Waals surface area (Å²) in [7, 11) is 0. The Bertz CT molecular complexity index is 1260. The molecule has 1 saturated heterocycles. The molecule has 0 radical (unpaired) electrons. The van der Waals surface area contributed by atoms with E-state index < -0.39 is 18.0 Å². The molecule has 3 aliphatic rings. The molecule has 1 fully saturated rings. The molecule has 5 heterocycles. The summed E-state index contributed by atoms with van der Waals surface area (Å²) in [6, 6.07) is 7.89. The third-order valence-electron chi connectivity index (χ3n) is 6.18. The molecule has 0 bridgehead atoms. The number of ether oxygens (including phenoxy) is 2. The number of fused-ring (bicyclic) bond motifs is 3. The Kier molecular flexibility index (Phi) is 4.91. The molecule has 2 aromatic heterocycles. The summed E-state index contributed by atoms with van der Waals surface area (Å²) in [5, 5.41) is 16.8. The maximum absolute atomic E-state index is 15.1. The Labute approximate surface area is 192 Å². The highest BCUT2D eigenvalue weighted by Gasteiger charge is 2.48. The number of oxime groups is 1. The van der Waals surface area contributed by atoms with Crippen molar-refractivity contribution >= 4 is 17.5 Å². The fourth-order valence-electron chi connectivity index (χ4n) is 4.50. The van der Waals surface area contributed by atoms with Crippen molar-refractivity contribution in [2.45, 2.75) is 31.1 Å². The zero-order valence-corrected chi connectivity index (χ0v) is 17.8. The van der Waals surface area contributed by atoms with E-state index in [2.05, 4.69) is 15.3 Å². The van der Waals surface area contributed by atoms with Crippen LogP contribution >= 0.6 is 0 Å². The first-order chi connectivity index (χ1) is 16.6. The van der Waals surface area contributed by atoms with Crippen LogP contribution in [0.2, 0.25) is 0 Å². The van der Waals surface area contributed by atoms with E-state index in [1.54, 1.807) is 30.5 Å². The first-order valence-electron chi connectivity index (χ1n) is 10.8. The van der Waals surface area contributed by atoms with Gasteiger partial charge in [-0.15, -0.1) is 0 Å². The van der Waals surface area contributed by atoms with Crippen molar-refractivity contribution in [3.8, 4) is 17.0 Å². The van der Waals surface area contributed by atoms with E-state index in [1.807, 2.05) is 0 Å². The summed E-state index contributed by atoms with van der Waals surface area (Å²) >= 11 is 0. The van der Waals surface area contributed by atoms with E-state index in [0.717, 1.165) is 5.56 Å². The summed E-state index contributed by atoms with van der Waals surface area (Å²) in [5.74, 6) is -0.165. The number of anilines is 1. The summed E-state index contributed by atoms with van der Waals surface area (Å²) in [6.07, 6.45) is 2.51. The largest absolute Gasteiger partial charge is 0.471 e. The number of rotatable bonds is 6. The number of aliphatic hydroxyl groups excluding tert-OH is 1. The number of hydrogen-bond acceptors (Lipinski definition) is 9. The molecule has 0 spiro atoms. The second kappa shape index (κ2) is 8.10. The van der Waals surface area contributed by atoms with Gasteiger partial charge in [-0.25, -0.2) is 9.18 Å². The normalized spacial score (nSPS) is 22.8. The van der Waals surface area contributed by atoms with Gasteiger partial charge >= 0.3 is 6.09 Å².